The Morgan fingerprint density at radius 2 is 1.67 bits per heavy atom. The number of rotatable bonds is 15. The van der Waals surface area contributed by atoms with Crippen LogP contribution in [0.2, 0.25) is 6.04 Å². The number of hydrogen-bond acceptors (Lipinski definition) is 7. The number of carboxylic acid groups (broad SMARTS) is 1. The highest BCUT2D eigenvalue weighted by molar-refractivity contribution is 6.60. The maximum atomic E-state index is 13.9. The number of aliphatic carboxylic acids is 1. The molecule has 0 spiro atoms. The molecule has 0 aliphatic rings. The van der Waals surface area contributed by atoms with Gasteiger partial charge in [-0.3, -0.25) is 4.79 Å². The van der Waals surface area contributed by atoms with Crippen LogP contribution in [0.3, 0.4) is 0 Å². The molecule has 0 saturated carbocycles. The van der Waals surface area contributed by atoms with E-state index >= 15 is 0 Å². The lowest BCUT2D eigenvalue weighted by Crippen LogP contribution is -2.45. The van der Waals surface area contributed by atoms with Gasteiger partial charge in [0.05, 0.1) is 5.97 Å². The molecule has 9 heteroatoms. The number of hydrogen-bond donors (Lipinski definition) is 0. The van der Waals surface area contributed by atoms with Crippen molar-refractivity contribution in [3.05, 3.63) is 35.7 Å². The fourth-order valence-electron chi connectivity index (χ4n) is 2.83. The van der Waals surface area contributed by atoms with Gasteiger partial charge < -0.3 is 27.9 Å². The molecule has 0 N–H and O–H groups in total. The van der Waals surface area contributed by atoms with Crippen LogP contribution in [-0.2, 0) is 22.9 Å². The molecule has 1 aromatic rings. The molecule has 30 heavy (non-hydrogen) atoms. The summed E-state index contributed by atoms with van der Waals surface area (Å²) < 4.78 is 36.3. The quantitative estimate of drug-likeness (QED) is 0.136. The van der Waals surface area contributed by atoms with Crippen LogP contribution < -0.4 is 9.84 Å². The summed E-state index contributed by atoms with van der Waals surface area (Å²) in [6.07, 6.45) is 4.27. The molecule has 0 fully saturated rings. The van der Waals surface area contributed by atoms with E-state index in [2.05, 4.69) is 0 Å². The lowest BCUT2D eigenvalue weighted by molar-refractivity contribution is -0.297. The first kappa shape index (κ1) is 26.0. The third kappa shape index (κ3) is 9.62. The average Bonchev–Trinajstić information content (AvgIpc) is 2.69. The predicted octanol–water partition coefficient (Wildman–Crippen LogP) is 3.10. The van der Waals surface area contributed by atoms with Gasteiger partial charge in [-0.2, -0.15) is 0 Å². The summed E-state index contributed by atoms with van der Waals surface area (Å²) in [5.41, 5.74) is 0.382. The number of carboxylic acids is 1. The van der Waals surface area contributed by atoms with Gasteiger partial charge in [0.25, 0.3) is 0 Å². The van der Waals surface area contributed by atoms with Gasteiger partial charge in [0, 0.05) is 32.3 Å². The van der Waals surface area contributed by atoms with Gasteiger partial charge in [0.2, 0.25) is 0 Å². The minimum atomic E-state index is -2.68. The maximum Gasteiger partial charge on any atom is 0.500 e. The summed E-state index contributed by atoms with van der Waals surface area (Å²) >= 11 is 0. The van der Waals surface area contributed by atoms with E-state index in [9.17, 15) is 19.1 Å². The lowest BCUT2D eigenvalue weighted by atomic mass is 10.2. The number of unbranched alkanes of at least 4 members (excludes halogenated alkanes) is 2. The number of esters is 1. The van der Waals surface area contributed by atoms with E-state index in [1.165, 1.54) is 18.2 Å². The molecule has 1 aromatic carbocycles. The van der Waals surface area contributed by atoms with Crippen molar-refractivity contribution < 1.29 is 37.1 Å². The molecule has 168 valence electrons. The Labute approximate surface area is 178 Å². The first-order valence-corrected chi connectivity index (χ1v) is 12.1. The van der Waals surface area contributed by atoms with Crippen LogP contribution in [0.15, 0.2) is 24.3 Å². The van der Waals surface area contributed by atoms with Crippen LogP contribution in [0.4, 0.5) is 4.39 Å². The Morgan fingerprint density at radius 3 is 2.23 bits per heavy atom. The lowest BCUT2D eigenvalue weighted by Gasteiger charge is -2.28. The summed E-state index contributed by atoms with van der Waals surface area (Å²) in [7, 11) is -2.68. The van der Waals surface area contributed by atoms with E-state index in [-0.39, 0.29) is 12.2 Å². The van der Waals surface area contributed by atoms with Crippen LogP contribution in [0.25, 0.3) is 6.08 Å². The second kappa shape index (κ2) is 14.0. The zero-order valence-corrected chi connectivity index (χ0v) is 18.8. The monoisotopic (exact) mass is 441 g/mol. The Balaban J connectivity index is 2.50. The Morgan fingerprint density at radius 1 is 1.03 bits per heavy atom. The topological polar surface area (TPSA) is 94.1 Å². The van der Waals surface area contributed by atoms with Gasteiger partial charge in [0.1, 0.15) is 0 Å². The zero-order valence-electron chi connectivity index (χ0n) is 17.8. The van der Waals surface area contributed by atoms with Crippen molar-refractivity contribution in [2.24, 2.45) is 0 Å². The summed E-state index contributed by atoms with van der Waals surface area (Å²) in [6, 6.07) is 4.41. The van der Waals surface area contributed by atoms with Crippen LogP contribution in [0, 0.1) is 5.82 Å². The molecule has 7 nitrogen and oxygen atoms in total. The molecule has 0 aliphatic heterocycles. The van der Waals surface area contributed by atoms with Crippen LogP contribution in [0.5, 0.6) is 5.75 Å². The number of halogens is 1. The predicted molar refractivity (Wildman–Crippen MR) is 110 cm³/mol. The van der Waals surface area contributed by atoms with Gasteiger partial charge in [-0.25, -0.2) is 4.39 Å². The average molecular weight is 442 g/mol. The van der Waals surface area contributed by atoms with Gasteiger partial charge in [-0.05, 0) is 57.4 Å². The highest BCUT2D eigenvalue weighted by atomic mass is 28.4. The van der Waals surface area contributed by atoms with E-state index in [1.807, 2.05) is 20.8 Å². The fraction of sp³-hybridized carbons (Fsp3) is 0.524. The van der Waals surface area contributed by atoms with E-state index in [1.54, 1.807) is 0 Å². The summed E-state index contributed by atoms with van der Waals surface area (Å²) in [5, 5.41) is 10.5. The summed E-state index contributed by atoms with van der Waals surface area (Å²) in [5.74, 6) is -2.87. The Kier molecular flexibility index (Phi) is 12.1. The normalized spacial score (nSPS) is 11.7. The van der Waals surface area contributed by atoms with E-state index in [0.717, 1.165) is 25.0 Å². The van der Waals surface area contributed by atoms with Crippen molar-refractivity contribution in [2.45, 2.75) is 52.5 Å². The van der Waals surface area contributed by atoms with Crippen LogP contribution in [-0.4, -0.2) is 40.6 Å². The molecule has 0 unspecified atom stereocenters. The minimum Gasteiger partial charge on any atom is -0.545 e. The molecular formula is C21H30FO7Si-. The van der Waals surface area contributed by atoms with Gasteiger partial charge in [-0.1, -0.05) is 18.6 Å². The van der Waals surface area contributed by atoms with Crippen LogP contribution in [0.1, 0.15) is 52.0 Å². The summed E-state index contributed by atoms with van der Waals surface area (Å²) in [6.45, 7) is 7.25. The second-order valence-electron chi connectivity index (χ2n) is 6.36. The molecule has 0 aromatic heterocycles. The highest BCUT2D eigenvalue weighted by Crippen LogP contribution is 2.22. The van der Waals surface area contributed by atoms with Crippen molar-refractivity contribution in [1.82, 2.24) is 0 Å². The van der Waals surface area contributed by atoms with Crippen molar-refractivity contribution in [2.75, 3.05) is 19.8 Å². The molecule has 0 atom stereocenters. The second-order valence-corrected chi connectivity index (χ2v) is 9.09. The first-order chi connectivity index (χ1) is 14.4. The van der Waals surface area contributed by atoms with E-state index < -0.39 is 26.6 Å². The number of benzene rings is 1. The molecule has 0 heterocycles. The van der Waals surface area contributed by atoms with E-state index in [0.29, 0.717) is 37.8 Å². The van der Waals surface area contributed by atoms with Crippen molar-refractivity contribution in [3.8, 4) is 5.75 Å². The molecule has 0 bridgehead atoms. The standard InChI is InChI=1S/C21H31FO7Si/c1-4-26-30(27-5-2,28-6-3)15-9-7-8-10-21(25)29-19-16-17(11-13-18(19)22)12-14-20(23)24/h11-14,16H,4-10,15H2,1-3H3,(H,23,24)/p-1/b14-12+. The maximum absolute atomic E-state index is 13.9. The third-order valence-electron chi connectivity index (χ3n) is 4.05. The largest absolute Gasteiger partial charge is 0.545 e. The van der Waals surface area contributed by atoms with Gasteiger partial charge in [-0.15, -0.1) is 0 Å². The number of carbonyl (C=O) groups is 2. The fourth-order valence-corrected chi connectivity index (χ4v) is 5.51. The third-order valence-corrected chi connectivity index (χ3v) is 7.20. The molecule has 0 aliphatic carbocycles. The number of ether oxygens (including phenoxy) is 1. The molecule has 0 saturated heterocycles. The Bertz CT molecular complexity index is 692. The van der Waals surface area contributed by atoms with E-state index in [4.69, 9.17) is 18.0 Å². The summed E-state index contributed by atoms with van der Waals surface area (Å²) in [4.78, 5) is 22.5. The smallest absolute Gasteiger partial charge is 0.500 e. The highest BCUT2D eigenvalue weighted by Gasteiger charge is 2.39. The van der Waals surface area contributed by atoms with Crippen molar-refractivity contribution in [1.29, 1.82) is 0 Å². The Hall–Kier alpha value is -2.07. The molecule has 1 rings (SSSR count). The van der Waals surface area contributed by atoms with Crippen LogP contribution >= 0.6 is 0 Å². The number of carbonyl (C=O) groups excluding carboxylic acids is 2. The molecule has 0 radical (unpaired) electrons. The van der Waals surface area contributed by atoms with Crippen molar-refractivity contribution >= 4 is 26.8 Å². The van der Waals surface area contributed by atoms with Crippen molar-refractivity contribution in [3.63, 3.8) is 0 Å². The first-order valence-electron chi connectivity index (χ1n) is 10.2. The minimum absolute atomic E-state index is 0.130. The molecule has 0 amide bonds. The zero-order chi connectivity index (χ0) is 22.4. The van der Waals surface area contributed by atoms with Gasteiger partial charge in [0.15, 0.2) is 11.6 Å². The SMILES string of the molecule is CCO[Si](CCCCCC(=O)Oc1cc(/C=C/C(=O)[O-])ccc1F)(OCC)OCC. The van der Waals surface area contributed by atoms with Gasteiger partial charge >= 0.3 is 14.8 Å². The molecular weight excluding hydrogens is 411 g/mol.